The summed E-state index contributed by atoms with van der Waals surface area (Å²) >= 11 is 3.25. The molecule has 1 rings (SSSR count). The number of halogens is 1. The van der Waals surface area contributed by atoms with Gasteiger partial charge in [0.2, 0.25) is 0 Å². The summed E-state index contributed by atoms with van der Waals surface area (Å²) in [5.74, 6) is 0.588. The fourth-order valence-corrected chi connectivity index (χ4v) is 1.58. The van der Waals surface area contributed by atoms with Gasteiger partial charge in [-0.25, -0.2) is 0 Å². The highest BCUT2D eigenvalue weighted by Gasteiger charge is 2.10. The SMILES string of the molecule is CCOc1cc(C(C)N)cc(Br)c1O. The number of hydrogen-bond acceptors (Lipinski definition) is 3. The first kappa shape index (κ1) is 11.3. The molecule has 1 aromatic rings. The molecule has 3 nitrogen and oxygen atoms in total. The highest BCUT2D eigenvalue weighted by atomic mass is 79.9. The Hall–Kier alpha value is -0.740. The van der Waals surface area contributed by atoms with E-state index < -0.39 is 0 Å². The second-order valence-electron chi connectivity index (χ2n) is 3.07. The van der Waals surface area contributed by atoms with Gasteiger partial charge >= 0.3 is 0 Å². The Morgan fingerprint density at radius 3 is 2.71 bits per heavy atom. The fraction of sp³-hybridized carbons (Fsp3) is 0.400. The molecule has 0 aliphatic rings. The molecule has 1 unspecified atom stereocenters. The second kappa shape index (κ2) is 4.66. The number of aromatic hydroxyl groups is 1. The van der Waals surface area contributed by atoms with Crippen molar-refractivity contribution in [3.63, 3.8) is 0 Å². The molecule has 4 heteroatoms. The first-order chi connectivity index (χ1) is 6.56. The Morgan fingerprint density at radius 1 is 1.57 bits per heavy atom. The molecule has 0 saturated heterocycles. The summed E-state index contributed by atoms with van der Waals surface area (Å²) in [6, 6.07) is 3.47. The van der Waals surface area contributed by atoms with E-state index in [4.69, 9.17) is 10.5 Å². The minimum absolute atomic E-state index is 0.0777. The number of nitrogens with two attached hydrogens (primary N) is 1. The number of hydrogen-bond donors (Lipinski definition) is 2. The van der Waals surface area contributed by atoms with Crippen LogP contribution in [0.3, 0.4) is 0 Å². The molecule has 0 aliphatic heterocycles. The van der Waals surface area contributed by atoms with Crippen LogP contribution in [0.25, 0.3) is 0 Å². The Kier molecular flexibility index (Phi) is 3.77. The summed E-state index contributed by atoms with van der Waals surface area (Å²) in [5.41, 5.74) is 6.67. The van der Waals surface area contributed by atoms with Crippen molar-refractivity contribution in [1.82, 2.24) is 0 Å². The van der Waals surface area contributed by atoms with Crippen LogP contribution in [0.4, 0.5) is 0 Å². The lowest BCUT2D eigenvalue weighted by Crippen LogP contribution is -2.05. The number of benzene rings is 1. The molecule has 0 radical (unpaired) electrons. The maximum atomic E-state index is 9.62. The lowest BCUT2D eigenvalue weighted by Gasteiger charge is -2.12. The third-order valence-corrected chi connectivity index (χ3v) is 2.48. The summed E-state index contributed by atoms with van der Waals surface area (Å²) in [6.07, 6.45) is 0. The molecule has 1 atom stereocenters. The van der Waals surface area contributed by atoms with E-state index >= 15 is 0 Å². The largest absolute Gasteiger partial charge is 0.503 e. The zero-order valence-corrected chi connectivity index (χ0v) is 9.84. The van der Waals surface area contributed by atoms with Crippen LogP contribution in [0.2, 0.25) is 0 Å². The molecule has 0 bridgehead atoms. The highest BCUT2D eigenvalue weighted by Crippen LogP contribution is 2.36. The van der Waals surface area contributed by atoms with E-state index in [0.29, 0.717) is 16.8 Å². The third kappa shape index (κ3) is 2.39. The Balaban J connectivity index is 3.14. The van der Waals surface area contributed by atoms with Crippen LogP contribution in [0.5, 0.6) is 11.5 Å². The van der Waals surface area contributed by atoms with E-state index in [1.807, 2.05) is 13.8 Å². The Morgan fingerprint density at radius 2 is 2.21 bits per heavy atom. The van der Waals surface area contributed by atoms with Gasteiger partial charge in [-0.3, -0.25) is 0 Å². The summed E-state index contributed by atoms with van der Waals surface area (Å²) in [7, 11) is 0. The van der Waals surface area contributed by atoms with E-state index in [9.17, 15) is 5.11 Å². The van der Waals surface area contributed by atoms with E-state index in [1.165, 1.54) is 0 Å². The van der Waals surface area contributed by atoms with Gasteiger partial charge in [-0.2, -0.15) is 0 Å². The van der Waals surface area contributed by atoms with Gasteiger partial charge < -0.3 is 15.6 Å². The van der Waals surface area contributed by atoms with E-state index in [1.54, 1.807) is 12.1 Å². The van der Waals surface area contributed by atoms with Crippen molar-refractivity contribution in [2.45, 2.75) is 19.9 Å². The van der Waals surface area contributed by atoms with Gasteiger partial charge in [-0.05, 0) is 47.5 Å². The molecule has 0 aromatic heterocycles. The molecule has 0 heterocycles. The standard InChI is InChI=1S/C10H14BrNO2/c1-3-14-9-5-7(6(2)12)4-8(11)10(9)13/h4-6,13H,3,12H2,1-2H3. The van der Waals surface area contributed by atoms with Gasteiger partial charge in [-0.15, -0.1) is 0 Å². The second-order valence-corrected chi connectivity index (χ2v) is 3.93. The predicted octanol–water partition coefficient (Wildman–Crippen LogP) is 2.57. The van der Waals surface area contributed by atoms with Crippen molar-refractivity contribution >= 4 is 15.9 Å². The number of ether oxygens (including phenoxy) is 1. The quantitative estimate of drug-likeness (QED) is 0.878. The van der Waals surface area contributed by atoms with Gasteiger partial charge in [0.1, 0.15) is 0 Å². The molecule has 0 amide bonds. The minimum atomic E-state index is -0.0777. The maximum absolute atomic E-state index is 9.62. The lowest BCUT2D eigenvalue weighted by atomic mass is 10.1. The van der Waals surface area contributed by atoms with Gasteiger partial charge in [0.25, 0.3) is 0 Å². The summed E-state index contributed by atoms with van der Waals surface area (Å²) in [6.45, 7) is 4.27. The van der Waals surface area contributed by atoms with E-state index in [-0.39, 0.29) is 11.8 Å². The highest BCUT2D eigenvalue weighted by molar-refractivity contribution is 9.10. The van der Waals surface area contributed by atoms with Crippen LogP contribution < -0.4 is 10.5 Å². The lowest BCUT2D eigenvalue weighted by molar-refractivity contribution is 0.316. The number of phenols is 1. The molecule has 3 N–H and O–H groups in total. The topological polar surface area (TPSA) is 55.5 Å². The zero-order valence-electron chi connectivity index (χ0n) is 8.25. The predicted molar refractivity (Wildman–Crippen MR) is 59.6 cm³/mol. The summed E-state index contributed by atoms with van der Waals surface area (Å²) < 4.78 is 5.88. The average Bonchev–Trinajstić information content (AvgIpc) is 2.12. The molecule has 1 aromatic carbocycles. The zero-order chi connectivity index (χ0) is 10.7. The van der Waals surface area contributed by atoms with Crippen molar-refractivity contribution < 1.29 is 9.84 Å². The van der Waals surface area contributed by atoms with Gasteiger partial charge in [0, 0.05) is 6.04 Å². The van der Waals surface area contributed by atoms with Crippen LogP contribution in [0.15, 0.2) is 16.6 Å². The normalized spacial score (nSPS) is 12.6. The molecule has 0 saturated carbocycles. The number of rotatable bonds is 3. The fourth-order valence-electron chi connectivity index (χ4n) is 1.12. The van der Waals surface area contributed by atoms with Crippen LogP contribution in [-0.2, 0) is 0 Å². The molecule has 78 valence electrons. The van der Waals surface area contributed by atoms with Crippen LogP contribution >= 0.6 is 15.9 Å². The van der Waals surface area contributed by atoms with E-state index in [0.717, 1.165) is 5.56 Å². The van der Waals surface area contributed by atoms with E-state index in [2.05, 4.69) is 15.9 Å². The molecular formula is C10H14BrNO2. The van der Waals surface area contributed by atoms with Crippen LogP contribution in [0.1, 0.15) is 25.5 Å². The van der Waals surface area contributed by atoms with Crippen molar-refractivity contribution in [1.29, 1.82) is 0 Å². The summed E-state index contributed by atoms with van der Waals surface area (Å²) in [4.78, 5) is 0. The van der Waals surface area contributed by atoms with Crippen molar-refractivity contribution in [2.75, 3.05) is 6.61 Å². The van der Waals surface area contributed by atoms with Gasteiger partial charge in [0.05, 0.1) is 11.1 Å². The smallest absolute Gasteiger partial charge is 0.172 e. The van der Waals surface area contributed by atoms with Crippen molar-refractivity contribution in [3.05, 3.63) is 22.2 Å². The minimum Gasteiger partial charge on any atom is -0.503 e. The summed E-state index contributed by atoms with van der Waals surface area (Å²) in [5, 5.41) is 9.62. The monoisotopic (exact) mass is 259 g/mol. The first-order valence-corrected chi connectivity index (χ1v) is 5.26. The molecule has 0 fully saturated rings. The molecular weight excluding hydrogens is 246 g/mol. The van der Waals surface area contributed by atoms with Crippen LogP contribution in [0, 0.1) is 0 Å². The molecule has 0 aliphatic carbocycles. The van der Waals surface area contributed by atoms with Crippen LogP contribution in [-0.4, -0.2) is 11.7 Å². The molecule has 0 spiro atoms. The maximum Gasteiger partial charge on any atom is 0.172 e. The molecule has 14 heavy (non-hydrogen) atoms. The first-order valence-electron chi connectivity index (χ1n) is 4.47. The third-order valence-electron chi connectivity index (χ3n) is 1.88. The Labute approximate surface area is 92.0 Å². The van der Waals surface area contributed by atoms with Crippen molar-refractivity contribution in [2.24, 2.45) is 5.73 Å². The van der Waals surface area contributed by atoms with Crippen molar-refractivity contribution in [3.8, 4) is 11.5 Å². The Bertz CT molecular complexity index is 326. The number of phenolic OH excluding ortho intramolecular Hbond substituents is 1. The average molecular weight is 260 g/mol. The van der Waals surface area contributed by atoms with Gasteiger partial charge in [0.15, 0.2) is 11.5 Å². The van der Waals surface area contributed by atoms with Gasteiger partial charge in [-0.1, -0.05) is 0 Å².